The molecule has 184 valence electrons. The van der Waals surface area contributed by atoms with Crippen LogP contribution in [0.2, 0.25) is 0 Å². The smallest absolute Gasteiger partial charge is 0.411 e. The first-order valence-corrected chi connectivity index (χ1v) is 11.4. The second kappa shape index (κ2) is 9.50. The maximum atomic E-state index is 13.5. The molecule has 2 heterocycles. The van der Waals surface area contributed by atoms with Crippen molar-refractivity contribution in [2.75, 3.05) is 19.4 Å². The van der Waals surface area contributed by atoms with Gasteiger partial charge >= 0.3 is 6.09 Å². The van der Waals surface area contributed by atoms with Gasteiger partial charge in [0.15, 0.2) is 5.82 Å². The number of carbonyl (C=O) groups is 2. The number of fused-ring (bicyclic) bond motifs is 1. The van der Waals surface area contributed by atoms with Crippen LogP contribution in [0.15, 0.2) is 54.6 Å². The van der Waals surface area contributed by atoms with E-state index in [1.165, 1.54) is 24.3 Å². The van der Waals surface area contributed by atoms with Gasteiger partial charge in [0.1, 0.15) is 11.9 Å². The van der Waals surface area contributed by atoms with Crippen molar-refractivity contribution in [2.45, 2.75) is 45.0 Å². The van der Waals surface area contributed by atoms with Gasteiger partial charge in [-0.3, -0.25) is 14.8 Å². The third-order valence-electron chi connectivity index (χ3n) is 6.64. The fourth-order valence-electron chi connectivity index (χ4n) is 4.22. The van der Waals surface area contributed by atoms with Gasteiger partial charge in [0.2, 0.25) is 0 Å². The first-order valence-electron chi connectivity index (χ1n) is 11.4. The number of aromatic nitrogens is 2. The number of hydrogen-bond donors (Lipinski definition) is 2. The molecule has 8 nitrogen and oxygen atoms in total. The second-order valence-corrected chi connectivity index (χ2v) is 9.45. The van der Waals surface area contributed by atoms with E-state index in [1.807, 2.05) is 70.1 Å². The molecule has 0 radical (unpaired) electrons. The molecule has 2 N–H and O–H groups in total. The summed E-state index contributed by atoms with van der Waals surface area (Å²) in [5.74, 6) is -0.503. The lowest BCUT2D eigenvalue weighted by Crippen LogP contribution is -2.43. The second-order valence-electron chi connectivity index (χ2n) is 9.45. The highest BCUT2D eigenvalue weighted by Gasteiger charge is 2.45. The number of H-pyrrole nitrogens is 1. The zero-order valence-electron chi connectivity index (χ0n) is 20.5. The molecule has 0 saturated carbocycles. The first-order chi connectivity index (χ1) is 16.6. The fourth-order valence-corrected chi connectivity index (χ4v) is 4.22. The van der Waals surface area contributed by atoms with Gasteiger partial charge in [-0.1, -0.05) is 30.3 Å². The molecule has 2 aromatic carbocycles. The summed E-state index contributed by atoms with van der Waals surface area (Å²) in [4.78, 5) is 29.7. The Morgan fingerprint density at radius 3 is 2.43 bits per heavy atom. The number of aromatic amines is 1. The molecule has 0 saturated heterocycles. The molecule has 1 aliphatic heterocycles. The van der Waals surface area contributed by atoms with Crippen LogP contribution in [0.3, 0.4) is 0 Å². The molecule has 9 heteroatoms. The van der Waals surface area contributed by atoms with Crippen molar-refractivity contribution in [3.8, 4) is 0 Å². The molecule has 0 spiro atoms. The molecule has 2 unspecified atom stereocenters. The van der Waals surface area contributed by atoms with E-state index in [-0.39, 0.29) is 12.6 Å². The van der Waals surface area contributed by atoms with Crippen molar-refractivity contribution in [1.82, 2.24) is 20.0 Å². The van der Waals surface area contributed by atoms with E-state index in [2.05, 4.69) is 15.5 Å². The molecule has 4 rings (SSSR count). The van der Waals surface area contributed by atoms with Crippen LogP contribution in [-0.2, 0) is 16.8 Å². The predicted octanol–water partition coefficient (Wildman–Crippen LogP) is 4.68. The number of halogens is 1. The Morgan fingerprint density at radius 2 is 1.80 bits per heavy atom. The lowest BCUT2D eigenvalue weighted by atomic mass is 10.0. The molecular formula is C26H30FN5O3. The lowest BCUT2D eigenvalue weighted by molar-refractivity contribution is 0.00714. The molecule has 2 atom stereocenters. The molecule has 1 aromatic heterocycles. The average Bonchev–Trinajstić information content (AvgIpc) is 3.35. The number of amides is 2. The highest BCUT2D eigenvalue weighted by molar-refractivity contribution is 6.04. The maximum absolute atomic E-state index is 13.5. The van der Waals surface area contributed by atoms with E-state index in [0.29, 0.717) is 16.9 Å². The van der Waals surface area contributed by atoms with Gasteiger partial charge in [0, 0.05) is 17.2 Å². The third-order valence-corrected chi connectivity index (χ3v) is 6.64. The molecule has 2 amide bonds. The number of nitrogens with one attached hydrogen (secondary N) is 2. The van der Waals surface area contributed by atoms with Crippen LogP contribution in [0.4, 0.5) is 15.0 Å². The van der Waals surface area contributed by atoms with Crippen LogP contribution in [0.1, 0.15) is 54.1 Å². The Morgan fingerprint density at radius 1 is 1.14 bits per heavy atom. The van der Waals surface area contributed by atoms with Crippen molar-refractivity contribution in [3.05, 3.63) is 82.8 Å². The van der Waals surface area contributed by atoms with Gasteiger partial charge in [-0.25, -0.2) is 9.18 Å². The number of carbonyl (C=O) groups excluding carboxylic acids is 2. The number of hydrogen-bond acceptors (Lipinski definition) is 5. The summed E-state index contributed by atoms with van der Waals surface area (Å²) in [5.41, 5.74) is 1.91. The molecule has 3 aromatic rings. The van der Waals surface area contributed by atoms with Crippen molar-refractivity contribution in [2.24, 2.45) is 0 Å². The minimum absolute atomic E-state index is 0.0582. The largest absolute Gasteiger partial charge is 0.440 e. The van der Waals surface area contributed by atoms with Gasteiger partial charge in [-0.05, 0) is 64.7 Å². The van der Waals surface area contributed by atoms with E-state index in [9.17, 15) is 14.0 Å². The molecule has 0 bridgehead atoms. The standard InChI is InChI=1S/C26H30FN5O3/c1-16(31(4)5)21(17-9-7-6-8-10-17)35-25(34)32-15-20-22(26(32,2)3)29-30-23(20)28-24(33)18-11-13-19(27)14-12-18/h6-14,16,21H,15H2,1-5H3,(H2,28,29,30,33). The monoisotopic (exact) mass is 479 g/mol. The summed E-state index contributed by atoms with van der Waals surface area (Å²) in [5, 5.41) is 9.99. The average molecular weight is 480 g/mol. The minimum Gasteiger partial charge on any atom is -0.440 e. The summed E-state index contributed by atoms with van der Waals surface area (Å²) >= 11 is 0. The summed E-state index contributed by atoms with van der Waals surface area (Å²) in [6.45, 7) is 6.03. The summed E-state index contributed by atoms with van der Waals surface area (Å²) in [6, 6.07) is 14.9. The summed E-state index contributed by atoms with van der Waals surface area (Å²) < 4.78 is 19.3. The van der Waals surface area contributed by atoms with Gasteiger partial charge in [-0.2, -0.15) is 5.10 Å². The van der Waals surface area contributed by atoms with Crippen LogP contribution < -0.4 is 5.32 Å². The normalized spacial score (nSPS) is 16.0. The van der Waals surface area contributed by atoms with Crippen molar-refractivity contribution in [3.63, 3.8) is 0 Å². The number of likely N-dealkylation sites (N-methyl/N-ethyl adjacent to an activating group) is 1. The minimum atomic E-state index is -0.735. The van der Waals surface area contributed by atoms with E-state index in [4.69, 9.17) is 4.74 Å². The van der Waals surface area contributed by atoms with Crippen molar-refractivity contribution >= 4 is 17.8 Å². The zero-order valence-corrected chi connectivity index (χ0v) is 20.5. The van der Waals surface area contributed by atoms with Gasteiger partial charge in [-0.15, -0.1) is 0 Å². The van der Waals surface area contributed by atoms with Crippen LogP contribution >= 0.6 is 0 Å². The predicted molar refractivity (Wildman–Crippen MR) is 130 cm³/mol. The van der Waals surface area contributed by atoms with E-state index >= 15 is 0 Å². The number of anilines is 1. The number of ether oxygens (including phenoxy) is 1. The number of benzene rings is 2. The first kappa shape index (κ1) is 24.4. The molecule has 1 aliphatic rings. The van der Waals surface area contributed by atoms with Gasteiger partial charge < -0.3 is 15.0 Å². The van der Waals surface area contributed by atoms with Gasteiger partial charge in [0.25, 0.3) is 5.91 Å². The summed E-state index contributed by atoms with van der Waals surface area (Å²) in [7, 11) is 3.89. The summed E-state index contributed by atoms with van der Waals surface area (Å²) in [6.07, 6.45) is -0.929. The van der Waals surface area contributed by atoms with Gasteiger partial charge in [0.05, 0.1) is 17.8 Å². The van der Waals surface area contributed by atoms with Crippen LogP contribution in [0.25, 0.3) is 0 Å². The highest BCUT2D eigenvalue weighted by atomic mass is 19.1. The third kappa shape index (κ3) is 4.77. The lowest BCUT2D eigenvalue weighted by Gasteiger charge is -2.35. The topological polar surface area (TPSA) is 90.6 Å². The Bertz CT molecular complexity index is 1210. The number of rotatable bonds is 6. The molecule has 0 fully saturated rings. The Kier molecular flexibility index (Phi) is 6.62. The quantitative estimate of drug-likeness (QED) is 0.536. The molecular weight excluding hydrogens is 449 g/mol. The Hall–Kier alpha value is -3.72. The van der Waals surface area contributed by atoms with Crippen LogP contribution in [-0.4, -0.2) is 52.1 Å². The Balaban J connectivity index is 1.54. The number of nitrogens with zero attached hydrogens (tertiary/aromatic N) is 3. The van der Waals surface area contributed by atoms with Crippen molar-refractivity contribution in [1.29, 1.82) is 0 Å². The molecule has 35 heavy (non-hydrogen) atoms. The van der Waals surface area contributed by atoms with E-state index in [1.54, 1.807) is 4.90 Å². The SMILES string of the molecule is CC(C(OC(=O)N1Cc2c(NC(=O)c3ccc(F)cc3)n[nH]c2C1(C)C)c1ccccc1)N(C)C. The Labute approximate surface area is 204 Å². The molecule has 0 aliphatic carbocycles. The zero-order chi connectivity index (χ0) is 25.3. The van der Waals surface area contributed by atoms with Crippen LogP contribution in [0.5, 0.6) is 0 Å². The fraction of sp³-hybridized carbons (Fsp3) is 0.346. The van der Waals surface area contributed by atoms with E-state index < -0.39 is 29.5 Å². The highest BCUT2D eigenvalue weighted by Crippen LogP contribution is 2.41. The van der Waals surface area contributed by atoms with E-state index in [0.717, 1.165) is 11.3 Å². The maximum Gasteiger partial charge on any atom is 0.411 e. The van der Waals surface area contributed by atoms with Crippen LogP contribution in [0, 0.1) is 5.82 Å². The van der Waals surface area contributed by atoms with Crippen molar-refractivity contribution < 1.29 is 18.7 Å².